The van der Waals surface area contributed by atoms with Gasteiger partial charge in [-0.15, -0.1) is 0 Å². The molecule has 1 saturated heterocycles. The van der Waals surface area contributed by atoms with Crippen LogP contribution in [0.4, 0.5) is 0 Å². The monoisotopic (exact) mass is 267 g/mol. The van der Waals surface area contributed by atoms with Gasteiger partial charge in [0.05, 0.1) is 23.6 Å². The Balaban J connectivity index is 1.67. The molecule has 1 atom stereocenters. The number of aromatic nitrogens is 4. The predicted molar refractivity (Wildman–Crippen MR) is 78.3 cm³/mol. The van der Waals surface area contributed by atoms with Crippen LogP contribution in [0.2, 0.25) is 0 Å². The Morgan fingerprint density at radius 1 is 1.35 bits per heavy atom. The van der Waals surface area contributed by atoms with E-state index in [9.17, 15) is 0 Å². The molecule has 1 aliphatic rings. The summed E-state index contributed by atoms with van der Waals surface area (Å²) in [5, 5.41) is 11.5. The van der Waals surface area contributed by atoms with E-state index in [0.29, 0.717) is 0 Å². The molecule has 4 heterocycles. The summed E-state index contributed by atoms with van der Waals surface area (Å²) in [7, 11) is 0. The molecule has 5 nitrogen and oxygen atoms in total. The van der Waals surface area contributed by atoms with Crippen molar-refractivity contribution in [1.82, 2.24) is 25.1 Å². The molecule has 1 aliphatic heterocycles. The Morgan fingerprint density at radius 3 is 3.15 bits per heavy atom. The van der Waals surface area contributed by atoms with E-state index in [1.165, 1.54) is 17.3 Å². The highest BCUT2D eigenvalue weighted by atomic mass is 15.1. The van der Waals surface area contributed by atoms with E-state index < -0.39 is 0 Å². The lowest BCUT2D eigenvalue weighted by atomic mass is 10.1. The molecule has 0 aliphatic carbocycles. The Labute approximate surface area is 117 Å². The number of nitrogens with zero attached hydrogens (tertiary/aromatic N) is 3. The molecule has 20 heavy (non-hydrogen) atoms. The van der Waals surface area contributed by atoms with Gasteiger partial charge in [0, 0.05) is 29.9 Å². The maximum atomic E-state index is 4.56. The molecule has 4 rings (SSSR count). The zero-order valence-corrected chi connectivity index (χ0v) is 11.2. The summed E-state index contributed by atoms with van der Waals surface area (Å²) in [5.41, 5.74) is 3.20. The van der Waals surface area contributed by atoms with Gasteiger partial charge < -0.3 is 9.88 Å². The normalized spacial score (nSPS) is 18.9. The molecule has 0 amide bonds. The smallest absolute Gasteiger partial charge is 0.0741 e. The van der Waals surface area contributed by atoms with Crippen molar-refractivity contribution in [2.24, 2.45) is 5.92 Å². The summed E-state index contributed by atoms with van der Waals surface area (Å²) in [6, 6.07) is 4.30. The summed E-state index contributed by atoms with van der Waals surface area (Å²) in [6.45, 7) is 3.34. The number of pyridine rings is 1. The molecule has 5 heteroatoms. The minimum atomic E-state index is 0.735. The first-order chi connectivity index (χ1) is 9.90. The fourth-order valence-electron chi connectivity index (χ4n) is 2.94. The van der Waals surface area contributed by atoms with Crippen molar-refractivity contribution in [2.45, 2.75) is 13.0 Å². The van der Waals surface area contributed by atoms with Crippen molar-refractivity contribution in [3.63, 3.8) is 0 Å². The van der Waals surface area contributed by atoms with Crippen LogP contribution in [0.15, 0.2) is 36.9 Å². The summed E-state index contributed by atoms with van der Waals surface area (Å²) >= 11 is 0. The number of H-pyrrole nitrogens is 1. The zero-order valence-electron chi connectivity index (χ0n) is 11.2. The largest absolute Gasteiger partial charge is 0.346 e. The van der Waals surface area contributed by atoms with E-state index in [4.69, 9.17) is 0 Å². The molecular formula is C15H17N5. The van der Waals surface area contributed by atoms with Gasteiger partial charge in [-0.1, -0.05) is 0 Å². The summed E-state index contributed by atoms with van der Waals surface area (Å²) in [4.78, 5) is 4.56. The first-order valence-electron chi connectivity index (χ1n) is 7.05. The van der Waals surface area contributed by atoms with Crippen LogP contribution in [-0.2, 0) is 6.54 Å². The zero-order chi connectivity index (χ0) is 13.4. The van der Waals surface area contributed by atoms with Crippen molar-refractivity contribution >= 4 is 10.9 Å². The van der Waals surface area contributed by atoms with Gasteiger partial charge >= 0.3 is 0 Å². The van der Waals surface area contributed by atoms with E-state index in [-0.39, 0.29) is 0 Å². The molecule has 0 spiro atoms. The predicted octanol–water partition coefficient (Wildman–Crippen LogP) is 2.04. The van der Waals surface area contributed by atoms with Crippen molar-refractivity contribution in [3.05, 3.63) is 36.9 Å². The summed E-state index contributed by atoms with van der Waals surface area (Å²) in [5.74, 6) is 0.735. The summed E-state index contributed by atoms with van der Waals surface area (Å²) < 4.78 is 2.32. The lowest BCUT2D eigenvalue weighted by molar-refractivity contribution is 0.491. The molecule has 0 bridgehead atoms. The number of hydrogen-bond acceptors (Lipinski definition) is 3. The molecule has 3 aromatic heterocycles. The molecule has 102 valence electrons. The number of hydrogen-bond donors (Lipinski definition) is 2. The van der Waals surface area contributed by atoms with Gasteiger partial charge in [-0.3, -0.25) is 10.1 Å². The first kappa shape index (κ1) is 11.7. The van der Waals surface area contributed by atoms with Crippen LogP contribution in [-0.4, -0.2) is 32.8 Å². The Morgan fingerprint density at radius 2 is 2.35 bits per heavy atom. The van der Waals surface area contributed by atoms with E-state index in [2.05, 4.69) is 43.4 Å². The van der Waals surface area contributed by atoms with E-state index in [1.54, 1.807) is 6.20 Å². The maximum Gasteiger partial charge on any atom is 0.0741 e. The van der Waals surface area contributed by atoms with Crippen LogP contribution in [0.25, 0.3) is 22.2 Å². The van der Waals surface area contributed by atoms with Crippen LogP contribution < -0.4 is 5.32 Å². The van der Waals surface area contributed by atoms with Crippen molar-refractivity contribution in [2.75, 3.05) is 13.1 Å². The molecular weight excluding hydrogens is 250 g/mol. The van der Waals surface area contributed by atoms with Crippen LogP contribution in [0.5, 0.6) is 0 Å². The lowest BCUT2D eigenvalue weighted by Gasteiger charge is -2.10. The fourth-order valence-corrected chi connectivity index (χ4v) is 2.94. The van der Waals surface area contributed by atoms with Gasteiger partial charge in [0.2, 0.25) is 0 Å². The van der Waals surface area contributed by atoms with Gasteiger partial charge in [-0.2, -0.15) is 5.10 Å². The molecule has 1 fully saturated rings. The highest BCUT2D eigenvalue weighted by Crippen LogP contribution is 2.23. The standard InChI is InChI=1S/C15H17N5/c1-3-16-6-11(1)10-20-4-2-12-5-14(17-9-15(12)20)13-7-18-19-8-13/h2,4-5,7-9,11,16H,1,3,6,10H2,(H,18,19). The first-order valence-corrected chi connectivity index (χ1v) is 7.05. The molecule has 2 N–H and O–H groups in total. The van der Waals surface area contributed by atoms with Crippen LogP contribution in [0.1, 0.15) is 6.42 Å². The Bertz CT molecular complexity index is 707. The number of nitrogens with one attached hydrogen (secondary N) is 2. The second kappa shape index (κ2) is 4.76. The number of rotatable bonds is 3. The van der Waals surface area contributed by atoms with Crippen molar-refractivity contribution < 1.29 is 0 Å². The summed E-state index contributed by atoms with van der Waals surface area (Å²) in [6.07, 6.45) is 9.08. The minimum absolute atomic E-state index is 0.735. The molecule has 1 unspecified atom stereocenters. The van der Waals surface area contributed by atoms with Crippen LogP contribution in [0.3, 0.4) is 0 Å². The lowest BCUT2D eigenvalue weighted by Crippen LogP contribution is -2.13. The molecule has 3 aromatic rings. The maximum absolute atomic E-state index is 4.56. The van der Waals surface area contributed by atoms with E-state index in [1.807, 2.05) is 12.4 Å². The second-order valence-corrected chi connectivity index (χ2v) is 5.44. The van der Waals surface area contributed by atoms with Gasteiger partial charge in [0.15, 0.2) is 0 Å². The molecule has 0 aromatic carbocycles. The van der Waals surface area contributed by atoms with Gasteiger partial charge in [-0.05, 0) is 37.6 Å². The van der Waals surface area contributed by atoms with E-state index >= 15 is 0 Å². The van der Waals surface area contributed by atoms with Crippen molar-refractivity contribution in [3.8, 4) is 11.3 Å². The number of fused-ring (bicyclic) bond motifs is 1. The third-order valence-corrected chi connectivity index (χ3v) is 4.07. The van der Waals surface area contributed by atoms with Gasteiger partial charge in [0.1, 0.15) is 0 Å². The third kappa shape index (κ3) is 2.00. The van der Waals surface area contributed by atoms with Crippen molar-refractivity contribution in [1.29, 1.82) is 0 Å². The quantitative estimate of drug-likeness (QED) is 0.763. The molecule has 0 saturated carbocycles. The van der Waals surface area contributed by atoms with Gasteiger partial charge in [0.25, 0.3) is 0 Å². The average Bonchev–Trinajstić information content (AvgIpc) is 3.20. The SMILES string of the molecule is c1n[nH]cc1-c1cc2ccn(CC3CCNC3)c2cn1. The van der Waals surface area contributed by atoms with Crippen LogP contribution >= 0.6 is 0 Å². The number of aromatic amines is 1. The second-order valence-electron chi connectivity index (χ2n) is 5.44. The highest BCUT2D eigenvalue weighted by molar-refractivity contribution is 5.83. The third-order valence-electron chi connectivity index (χ3n) is 4.07. The fraction of sp³-hybridized carbons (Fsp3) is 0.333. The van der Waals surface area contributed by atoms with E-state index in [0.717, 1.165) is 36.8 Å². The minimum Gasteiger partial charge on any atom is -0.346 e. The average molecular weight is 267 g/mol. The Kier molecular flexibility index (Phi) is 2.77. The molecule has 0 radical (unpaired) electrons. The van der Waals surface area contributed by atoms with Gasteiger partial charge in [-0.25, -0.2) is 0 Å². The van der Waals surface area contributed by atoms with Crippen LogP contribution in [0, 0.1) is 5.92 Å². The highest BCUT2D eigenvalue weighted by Gasteiger charge is 2.15. The topological polar surface area (TPSA) is 58.5 Å². The Hall–Kier alpha value is -2.14.